The molecule has 0 spiro atoms. The highest BCUT2D eigenvalue weighted by atomic mass is 19.1. The maximum Gasteiger partial charge on any atom is 0.340 e. The van der Waals surface area contributed by atoms with Crippen LogP contribution >= 0.6 is 0 Å². The maximum atomic E-state index is 13.5. The van der Waals surface area contributed by atoms with Gasteiger partial charge in [0.15, 0.2) is 0 Å². The monoisotopic (exact) mass is 219 g/mol. The van der Waals surface area contributed by atoms with Crippen LogP contribution in [0.3, 0.4) is 0 Å². The van der Waals surface area contributed by atoms with E-state index in [4.69, 9.17) is 0 Å². The summed E-state index contributed by atoms with van der Waals surface area (Å²) in [5.41, 5.74) is 1.27. The summed E-state index contributed by atoms with van der Waals surface area (Å²) in [6.45, 7) is 1.82. The number of hydrogen-bond donors (Lipinski definition) is 0. The molecule has 1 heterocycles. The number of carbonyl (C=O) groups is 1. The first-order valence-corrected chi connectivity index (χ1v) is 4.77. The number of pyridine rings is 1. The Balaban J connectivity index is 2.67. The standard InChI is InChI=1S/C12H10FNO2/c1-7-3-4-8-5-9(12(15)16-2)10(13)6-11(8)14-7/h3-6H,1-2H3. The van der Waals surface area contributed by atoms with Crippen LogP contribution in [0.1, 0.15) is 16.1 Å². The van der Waals surface area contributed by atoms with Crippen molar-refractivity contribution in [1.29, 1.82) is 0 Å². The molecule has 0 saturated heterocycles. The van der Waals surface area contributed by atoms with E-state index in [1.807, 2.05) is 6.92 Å². The lowest BCUT2D eigenvalue weighted by molar-refractivity contribution is 0.0596. The Bertz CT molecular complexity index is 566. The van der Waals surface area contributed by atoms with Crippen LogP contribution in [0.5, 0.6) is 0 Å². The third-order valence-electron chi connectivity index (χ3n) is 2.32. The zero-order valence-corrected chi connectivity index (χ0v) is 8.95. The minimum Gasteiger partial charge on any atom is -0.465 e. The average molecular weight is 219 g/mol. The van der Waals surface area contributed by atoms with E-state index in [1.165, 1.54) is 19.2 Å². The van der Waals surface area contributed by atoms with Crippen molar-refractivity contribution in [2.24, 2.45) is 0 Å². The summed E-state index contributed by atoms with van der Waals surface area (Å²) in [4.78, 5) is 15.4. The van der Waals surface area contributed by atoms with E-state index in [2.05, 4.69) is 9.72 Å². The van der Waals surface area contributed by atoms with Crippen molar-refractivity contribution in [2.45, 2.75) is 6.92 Å². The van der Waals surface area contributed by atoms with Gasteiger partial charge in [0.2, 0.25) is 0 Å². The van der Waals surface area contributed by atoms with Gasteiger partial charge >= 0.3 is 5.97 Å². The number of methoxy groups -OCH3 is 1. The van der Waals surface area contributed by atoms with Crippen LogP contribution in [-0.4, -0.2) is 18.1 Å². The van der Waals surface area contributed by atoms with E-state index in [1.54, 1.807) is 12.1 Å². The number of ether oxygens (including phenoxy) is 1. The largest absolute Gasteiger partial charge is 0.465 e. The molecule has 0 aliphatic heterocycles. The Morgan fingerprint density at radius 1 is 1.38 bits per heavy atom. The van der Waals surface area contributed by atoms with E-state index < -0.39 is 11.8 Å². The van der Waals surface area contributed by atoms with Gasteiger partial charge in [0.1, 0.15) is 5.82 Å². The van der Waals surface area contributed by atoms with Gasteiger partial charge in [-0.2, -0.15) is 0 Å². The average Bonchev–Trinajstić information content (AvgIpc) is 2.27. The molecule has 0 radical (unpaired) electrons. The molecule has 0 atom stereocenters. The van der Waals surface area contributed by atoms with Gasteiger partial charge in [-0.1, -0.05) is 6.07 Å². The Labute approximate surface area is 91.9 Å². The van der Waals surface area contributed by atoms with Crippen LogP contribution in [0.4, 0.5) is 4.39 Å². The van der Waals surface area contributed by atoms with E-state index >= 15 is 0 Å². The molecule has 3 nitrogen and oxygen atoms in total. The maximum absolute atomic E-state index is 13.5. The minimum atomic E-state index is -0.681. The van der Waals surface area contributed by atoms with Gasteiger partial charge in [-0.3, -0.25) is 4.98 Å². The Morgan fingerprint density at radius 3 is 2.81 bits per heavy atom. The molecule has 82 valence electrons. The number of rotatable bonds is 1. The summed E-state index contributed by atoms with van der Waals surface area (Å²) in [5, 5.41) is 0.715. The second-order valence-corrected chi connectivity index (χ2v) is 3.47. The molecule has 0 bridgehead atoms. The second-order valence-electron chi connectivity index (χ2n) is 3.47. The van der Waals surface area contributed by atoms with Gasteiger partial charge in [-0.15, -0.1) is 0 Å². The van der Waals surface area contributed by atoms with E-state index in [-0.39, 0.29) is 5.56 Å². The number of halogens is 1. The summed E-state index contributed by atoms with van der Waals surface area (Å²) in [6.07, 6.45) is 0. The first-order valence-electron chi connectivity index (χ1n) is 4.77. The van der Waals surface area contributed by atoms with Crippen LogP contribution in [0.25, 0.3) is 10.9 Å². The number of fused-ring (bicyclic) bond motifs is 1. The molecule has 0 fully saturated rings. The van der Waals surface area contributed by atoms with Crippen molar-refractivity contribution in [1.82, 2.24) is 4.98 Å². The molecule has 1 aromatic heterocycles. The lowest BCUT2D eigenvalue weighted by Crippen LogP contribution is -2.04. The number of esters is 1. The summed E-state index contributed by atoms with van der Waals surface area (Å²) >= 11 is 0. The fourth-order valence-electron chi connectivity index (χ4n) is 1.51. The summed E-state index contributed by atoms with van der Waals surface area (Å²) in [5.74, 6) is -1.29. The van der Waals surface area contributed by atoms with E-state index in [0.29, 0.717) is 10.9 Å². The molecule has 0 saturated carbocycles. The predicted molar refractivity (Wildman–Crippen MR) is 57.8 cm³/mol. The fourth-order valence-corrected chi connectivity index (χ4v) is 1.51. The Morgan fingerprint density at radius 2 is 2.12 bits per heavy atom. The third kappa shape index (κ3) is 1.74. The van der Waals surface area contributed by atoms with E-state index in [0.717, 1.165) is 5.69 Å². The number of carbonyl (C=O) groups excluding carboxylic acids is 1. The normalized spacial score (nSPS) is 10.4. The number of hydrogen-bond acceptors (Lipinski definition) is 3. The molecular formula is C12H10FNO2. The first kappa shape index (κ1) is 10.5. The summed E-state index contributed by atoms with van der Waals surface area (Å²) in [6, 6.07) is 6.29. The third-order valence-corrected chi connectivity index (χ3v) is 2.32. The van der Waals surface area contributed by atoms with Crippen molar-refractivity contribution in [3.8, 4) is 0 Å². The highest BCUT2D eigenvalue weighted by Gasteiger charge is 2.13. The molecule has 0 N–H and O–H groups in total. The number of aromatic nitrogens is 1. The highest BCUT2D eigenvalue weighted by molar-refractivity contribution is 5.94. The quantitative estimate of drug-likeness (QED) is 0.691. The van der Waals surface area contributed by atoms with Crippen molar-refractivity contribution in [2.75, 3.05) is 7.11 Å². The molecule has 0 aliphatic rings. The molecule has 2 aromatic rings. The minimum absolute atomic E-state index is 0.0688. The molecule has 2 rings (SSSR count). The van der Waals surface area contributed by atoms with E-state index in [9.17, 15) is 9.18 Å². The lowest BCUT2D eigenvalue weighted by atomic mass is 10.1. The smallest absolute Gasteiger partial charge is 0.340 e. The van der Waals surface area contributed by atoms with Crippen molar-refractivity contribution in [3.63, 3.8) is 0 Å². The van der Waals surface area contributed by atoms with Crippen LogP contribution < -0.4 is 0 Å². The van der Waals surface area contributed by atoms with Crippen LogP contribution in [-0.2, 0) is 4.74 Å². The van der Waals surface area contributed by atoms with Gasteiger partial charge < -0.3 is 4.74 Å². The van der Waals surface area contributed by atoms with Crippen molar-refractivity contribution < 1.29 is 13.9 Å². The number of aryl methyl sites for hydroxylation is 1. The molecule has 0 unspecified atom stereocenters. The van der Waals surface area contributed by atoms with Gasteiger partial charge in [0.05, 0.1) is 18.2 Å². The molecular weight excluding hydrogens is 209 g/mol. The van der Waals surface area contributed by atoms with Crippen molar-refractivity contribution in [3.05, 3.63) is 41.3 Å². The van der Waals surface area contributed by atoms with Crippen molar-refractivity contribution >= 4 is 16.9 Å². The number of nitrogens with zero attached hydrogens (tertiary/aromatic N) is 1. The van der Waals surface area contributed by atoms with Gasteiger partial charge in [-0.25, -0.2) is 9.18 Å². The van der Waals surface area contributed by atoms with Crippen LogP contribution in [0, 0.1) is 12.7 Å². The molecule has 1 aromatic carbocycles. The number of benzene rings is 1. The van der Waals surface area contributed by atoms with Crippen LogP contribution in [0.2, 0.25) is 0 Å². The fraction of sp³-hybridized carbons (Fsp3) is 0.167. The van der Waals surface area contributed by atoms with Gasteiger partial charge in [0, 0.05) is 17.1 Å². The first-order chi connectivity index (χ1) is 7.61. The topological polar surface area (TPSA) is 39.2 Å². The second kappa shape index (κ2) is 3.89. The molecule has 16 heavy (non-hydrogen) atoms. The zero-order chi connectivity index (χ0) is 11.7. The molecule has 0 amide bonds. The summed E-state index contributed by atoms with van der Waals surface area (Å²) in [7, 11) is 1.22. The van der Waals surface area contributed by atoms with Gasteiger partial charge in [-0.05, 0) is 19.1 Å². The molecule has 4 heteroatoms. The SMILES string of the molecule is COC(=O)c1cc2ccc(C)nc2cc1F. The lowest BCUT2D eigenvalue weighted by Gasteiger charge is -2.04. The van der Waals surface area contributed by atoms with Gasteiger partial charge in [0.25, 0.3) is 0 Å². The Kier molecular flexibility index (Phi) is 2.56. The Hall–Kier alpha value is -1.97. The summed E-state index contributed by atoms with van der Waals surface area (Å²) < 4.78 is 18.0. The predicted octanol–water partition coefficient (Wildman–Crippen LogP) is 2.47. The molecule has 0 aliphatic carbocycles. The highest BCUT2D eigenvalue weighted by Crippen LogP contribution is 2.18. The van der Waals surface area contributed by atoms with Crippen LogP contribution in [0.15, 0.2) is 24.3 Å². The zero-order valence-electron chi connectivity index (χ0n) is 8.95.